The first-order chi connectivity index (χ1) is 54.7. The Morgan fingerprint density at radius 2 is 0.336 bits per heavy atom. The Kier molecular flexibility index (Phi) is 29.9. The number of fused-ring (bicyclic) bond motifs is 24. The molecular formula is C104H136N8Zn. The maximum absolute atomic E-state index is 6.13. The van der Waals surface area contributed by atoms with Gasteiger partial charge in [-0.2, -0.15) is 0 Å². The van der Waals surface area contributed by atoms with Crippen LogP contribution in [0.2, 0.25) is 0 Å². The Balaban J connectivity index is 0.0000118. The summed E-state index contributed by atoms with van der Waals surface area (Å²) in [5, 5.41) is 15.2. The van der Waals surface area contributed by atoms with Crippen molar-refractivity contribution in [2.24, 2.45) is 0 Å². The van der Waals surface area contributed by atoms with Crippen molar-refractivity contribution in [3.05, 3.63) is 138 Å². The van der Waals surface area contributed by atoms with Crippen molar-refractivity contribution >= 4 is 87.2 Å². The molecule has 5 heterocycles. The summed E-state index contributed by atoms with van der Waals surface area (Å²) in [7, 11) is 0. The largest absolute Gasteiger partial charge is 2.00 e. The van der Waals surface area contributed by atoms with Gasteiger partial charge in [-0.1, -0.05) is 258 Å². The first-order valence-corrected chi connectivity index (χ1v) is 45.7. The summed E-state index contributed by atoms with van der Waals surface area (Å²) >= 11 is 0. The van der Waals surface area contributed by atoms with Gasteiger partial charge in [0.2, 0.25) is 0 Å². The fourth-order valence-corrected chi connectivity index (χ4v) is 20.4. The number of hydrogen-bond donors (Lipinski definition) is 0. The van der Waals surface area contributed by atoms with Crippen molar-refractivity contribution < 1.29 is 19.5 Å². The summed E-state index contributed by atoms with van der Waals surface area (Å²) in [6.45, 7) is 37.7. The molecule has 0 amide bonds. The second kappa shape index (κ2) is 39.6. The van der Waals surface area contributed by atoms with Gasteiger partial charge in [-0.05, 0) is 312 Å². The van der Waals surface area contributed by atoms with Crippen molar-refractivity contribution in [3.63, 3.8) is 0 Å². The van der Waals surface area contributed by atoms with Gasteiger partial charge in [0.05, 0.1) is 23.3 Å². The van der Waals surface area contributed by atoms with Crippen LogP contribution in [0.3, 0.4) is 0 Å². The Morgan fingerprint density at radius 1 is 0.186 bits per heavy atom. The van der Waals surface area contributed by atoms with Gasteiger partial charge >= 0.3 is 19.5 Å². The van der Waals surface area contributed by atoms with Crippen LogP contribution in [0.1, 0.15) is 350 Å². The van der Waals surface area contributed by atoms with Gasteiger partial charge in [0.25, 0.3) is 0 Å². The Bertz CT molecular complexity index is 4760. The quantitative estimate of drug-likeness (QED) is 0.0276. The number of nitrogens with zero attached hydrogens (tertiary/aromatic N) is 8. The molecule has 9 heteroatoms. The van der Waals surface area contributed by atoms with Crippen LogP contribution in [0, 0.1) is 55.4 Å². The van der Waals surface area contributed by atoms with Gasteiger partial charge in [-0.15, -0.1) is 0 Å². The monoisotopic (exact) mass is 1560 g/mol. The van der Waals surface area contributed by atoms with Gasteiger partial charge in [-0.25, -0.2) is 9.97 Å². The number of benzene rings is 8. The normalized spacial score (nSPS) is 12.2. The standard InChI is InChI=1S/C104H136N8.Zn/c1-17-25-33-41-49-73-57-58-74(50-42-34-26-18-2)82-66(10)90-89(65(9)81(73)82)97-105-98(90)110-100-93-69(13)85-77(53-45-37-29-21-5)61-62-78(54-46-38-30-22-6)86(85)70(14)94(93)102(107-100)112-104-96-72(16)88-80(56-48-40-32-24-8)64-63-79(55-47-39-31-23-7)87(88)71(15)95(96)103(108-104)111-101-92-68(12)84-76(52-44-36-28-20-4)60-59-75(51-43-35-27-19-3)83(84)67(11)91(92)99(106-101)109-97;/h57-64H,17-56H2,1-16H3;/q-2;+2. The molecule has 2 aliphatic heterocycles. The summed E-state index contributed by atoms with van der Waals surface area (Å²) in [5.74, 6) is 2.65. The van der Waals surface area contributed by atoms with E-state index in [0.29, 0.717) is 45.9 Å². The average Bonchev–Trinajstić information content (AvgIpc) is 1.60. The predicted molar refractivity (Wildman–Crippen MR) is 485 cm³/mol. The van der Waals surface area contributed by atoms with Crippen molar-refractivity contribution in [2.75, 3.05) is 0 Å². The Hall–Kier alpha value is -7.22. The zero-order valence-electron chi connectivity index (χ0n) is 73.2. The van der Waals surface area contributed by atoms with E-state index in [1.165, 1.54) is 286 Å². The topological polar surface area (TPSA) is 106 Å². The van der Waals surface area contributed by atoms with Crippen LogP contribution in [0.4, 0.5) is 0 Å². The predicted octanol–water partition coefficient (Wildman–Crippen LogP) is 30.2. The van der Waals surface area contributed by atoms with E-state index >= 15 is 0 Å². The molecule has 0 atom stereocenters. The SMILES string of the molecule is CCCCCCc1ccc(CCCCCC)c2c(C)c3c(c(C)c12)-c1nc-3nc2[n-]c(nc3nc(nc4[n-]c(n1)c1c(C)c5c(CCCCCC)ccc(CCCCCC)c5c(C)c41)-c1c-3c(C)c3c(CCCCCC)ccc(CCCCCC)c3c1C)c1c(C)c3c(CCCCCC)ccc(CCCCCC)c3c(C)c21.[Zn+2]. The van der Waals surface area contributed by atoms with E-state index in [-0.39, 0.29) is 19.5 Å². The number of hydrogen-bond acceptors (Lipinski definition) is 6. The Labute approximate surface area is 692 Å². The van der Waals surface area contributed by atoms with E-state index in [1.54, 1.807) is 0 Å². The fraction of sp³-hybridized carbons (Fsp3) is 0.538. The molecule has 0 unspecified atom stereocenters. The van der Waals surface area contributed by atoms with E-state index < -0.39 is 0 Å². The first kappa shape index (κ1) is 85.2. The molecule has 594 valence electrons. The summed E-state index contributed by atoms with van der Waals surface area (Å²) < 4.78 is 0. The zero-order valence-corrected chi connectivity index (χ0v) is 76.2. The number of unbranched alkanes of at least 4 members (excludes halogenated alkanes) is 24. The van der Waals surface area contributed by atoms with E-state index in [1.807, 2.05) is 0 Å². The van der Waals surface area contributed by atoms with Crippen molar-refractivity contribution in [3.8, 4) is 45.6 Å². The maximum atomic E-state index is 6.13. The van der Waals surface area contributed by atoms with Crippen molar-refractivity contribution in [1.29, 1.82) is 0 Å². The van der Waals surface area contributed by atoms with Gasteiger partial charge in [0, 0.05) is 44.8 Å². The second-order valence-electron chi connectivity index (χ2n) is 34.5. The second-order valence-corrected chi connectivity index (χ2v) is 34.5. The first-order valence-electron chi connectivity index (χ1n) is 45.7. The summed E-state index contributed by atoms with van der Waals surface area (Å²) in [5.41, 5.74) is 28.1. The smallest absolute Gasteiger partial charge is 0.357 e. The molecule has 0 fully saturated rings. The van der Waals surface area contributed by atoms with Crippen LogP contribution in [-0.4, -0.2) is 29.9 Å². The minimum Gasteiger partial charge on any atom is -0.357 e. The van der Waals surface area contributed by atoms with Crippen LogP contribution in [0.5, 0.6) is 0 Å². The third-order valence-corrected chi connectivity index (χ3v) is 26.4. The van der Waals surface area contributed by atoms with Gasteiger partial charge < -0.3 is 29.9 Å². The van der Waals surface area contributed by atoms with Crippen LogP contribution < -0.4 is 9.97 Å². The molecular weight excluding hydrogens is 1430 g/mol. The van der Waals surface area contributed by atoms with Gasteiger partial charge in [0.15, 0.2) is 0 Å². The molecule has 0 saturated heterocycles. The minimum atomic E-state index is 0. The molecule has 0 aliphatic carbocycles. The zero-order chi connectivity index (χ0) is 78.7. The van der Waals surface area contributed by atoms with E-state index in [2.05, 4.69) is 159 Å². The molecule has 0 saturated carbocycles. The molecule has 11 aromatic rings. The Morgan fingerprint density at radius 3 is 0.487 bits per heavy atom. The molecule has 3 aromatic heterocycles. The van der Waals surface area contributed by atoms with Crippen molar-refractivity contribution in [1.82, 2.24) is 39.9 Å². The van der Waals surface area contributed by atoms with Crippen molar-refractivity contribution in [2.45, 2.75) is 368 Å². The summed E-state index contributed by atoms with van der Waals surface area (Å²) in [6.07, 6.45) is 46.7. The third-order valence-electron chi connectivity index (χ3n) is 26.4. The molecule has 8 bridgehead atoms. The molecule has 0 N–H and O–H groups in total. The summed E-state index contributed by atoms with van der Waals surface area (Å²) in [6, 6.07) is 19.9. The van der Waals surface area contributed by atoms with Crippen LogP contribution in [0.15, 0.2) is 48.5 Å². The number of rotatable bonds is 40. The molecule has 8 aromatic carbocycles. The van der Waals surface area contributed by atoms with E-state index in [4.69, 9.17) is 39.9 Å². The van der Waals surface area contributed by atoms with E-state index in [9.17, 15) is 0 Å². The molecule has 13 rings (SSSR count). The van der Waals surface area contributed by atoms with Crippen LogP contribution in [-0.2, 0) is 70.8 Å². The molecule has 113 heavy (non-hydrogen) atoms. The summed E-state index contributed by atoms with van der Waals surface area (Å²) in [4.78, 5) is 48.5. The van der Waals surface area contributed by atoms with Crippen LogP contribution >= 0.6 is 0 Å². The minimum absolute atomic E-state index is 0. The van der Waals surface area contributed by atoms with Crippen LogP contribution in [0.25, 0.3) is 133 Å². The number of aryl methyl sites for hydroxylation is 16. The maximum Gasteiger partial charge on any atom is 2.00 e. The van der Waals surface area contributed by atoms with Gasteiger partial charge in [0.1, 0.15) is 0 Å². The van der Waals surface area contributed by atoms with Gasteiger partial charge in [-0.3, -0.25) is 0 Å². The molecule has 2 aliphatic rings. The molecule has 8 nitrogen and oxygen atoms in total. The van der Waals surface area contributed by atoms with E-state index in [0.717, 1.165) is 147 Å². The average molecular weight is 1560 g/mol. The number of aromatic nitrogens is 8. The fourth-order valence-electron chi connectivity index (χ4n) is 20.4. The third kappa shape index (κ3) is 17.3. The molecule has 0 spiro atoms. The molecule has 0 radical (unpaired) electrons.